The maximum atomic E-state index is 12.0. The molecule has 0 atom stereocenters. The number of hydrogen-bond donors (Lipinski definition) is 0. The van der Waals surface area contributed by atoms with Crippen molar-refractivity contribution in [2.45, 2.75) is 19.9 Å². The van der Waals surface area contributed by atoms with Crippen LogP contribution in [0, 0.1) is 0 Å². The summed E-state index contributed by atoms with van der Waals surface area (Å²) in [4.78, 5) is 21.2. The number of fused-ring (bicyclic) bond motifs is 1. The first-order valence-electron chi connectivity index (χ1n) is 10.5. The van der Waals surface area contributed by atoms with Crippen molar-refractivity contribution in [2.75, 3.05) is 44.2 Å². The van der Waals surface area contributed by atoms with Gasteiger partial charge in [-0.15, -0.1) is 12.4 Å². The number of ether oxygens (including phenoxy) is 1. The zero-order valence-corrected chi connectivity index (χ0v) is 19.2. The first-order chi connectivity index (χ1) is 14.6. The third kappa shape index (κ3) is 5.70. The van der Waals surface area contributed by atoms with Crippen molar-refractivity contribution in [3.05, 3.63) is 59.4 Å². The summed E-state index contributed by atoms with van der Waals surface area (Å²) in [6.45, 7) is 7.41. The normalized spacial score (nSPS) is 14.5. The van der Waals surface area contributed by atoms with Crippen LogP contribution in [-0.4, -0.2) is 59.8 Å². The summed E-state index contributed by atoms with van der Waals surface area (Å²) in [5.74, 6) is 0.790. The summed E-state index contributed by atoms with van der Waals surface area (Å²) < 4.78 is 7.13. The minimum absolute atomic E-state index is 0. The monoisotopic (exact) mass is 462 g/mol. The topological polar surface area (TPSA) is 50.6 Å². The molecule has 3 aromatic rings. The number of benzene rings is 1. The van der Waals surface area contributed by atoms with Crippen LogP contribution in [0.15, 0.2) is 48.8 Å². The molecule has 1 fully saturated rings. The van der Waals surface area contributed by atoms with Crippen molar-refractivity contribution >= 4 is 46.7 Å². The fourth-order valence-corrected chi connectivity index (χ4v) is 4.14. The molecular weight excluding hydrogens is 435 g/mol. The largest absolute Gasteiger partial charge is 0.465 e. The average Bonchev–Trinajstić information content (AvgIpc) is 3.11. The molecule has 1 saturated heterocycles. The molecule has 1 aliphatic heterocycles. The van der Waals surface area contributed by atoms with Crippen molar-refractivity contribution in [2.24, 2.45) is 0 Å². The van der Waals surface area contributed by atoms with Crippen molar-refractivity contribution in [1.29, 1.82) is 0 Å². The van der Waals surface area contributed by atoms with E-state index < -0.39 is 0 Å². The Labute approximate surface area is 194 Å². The van der Waals surface area contributed by atoms with Crippen molar-refractivity contribution in [3.8, 4) is 0 Å². The second kappa shape index (κ2) is 10.8. The Kier molecular flexibility index (Phi) is 8.18. The molecule has 1 aromatic carbocycles. The lowest BCUT2D eigenvalue weighted by atomic mass is 10.1. The summed E-state index contributed by atoms with van der Waals surface area (Å²) in [7, 11) is 0. The van der Waals surface area contributed by atoms with Gasteiger partial charge in [0, 0.05) is 56.0 Å². The van der Waals surface area contributed by atoms with Gasteiger partial charge in [-0.25, -0.2) is 4.98 Å². The Hall–Kier alpha value is -2.28. The third-order valence-electron chi connectivity index (χ3n) is 5.58. The van der Waals surface area contributed by atoms with Gasteiger partial charge in [-0.2, -0.15) is 0 Å². The molecule has 31 heavy (non-hydrogen) atoms. The molecule has 166 valence electrons. The second-order valence-electron chi connectivity index (χ2n) is 7.52. The molecule has 2 aromatic heterocycles. The van der Waals surface area contributed by atoms with Gasteiger partial charge in [-0.3, -0.25) is 9.69 Å². The highest BCUT2D eigenvalue weighted by atomic mass is 35.5. The lowest BCUT2D eigenvalue weighted by Gasteiger charge is -2.35. The van der Waals surface area contributed by atoms with Crippen LogP contribution >= 0.6 is 24.0 Å². The van der Waals surface area contributed by atoms with Crippen LogP contribution in [-0.2, 0) is 22.5 Å². The minimum Gasteiger partial charge on any atom is -0.465 e. The van der Waals surface area contributed by atoms with Gasteiger partial charge in [0.1, 0.15) is 12.4 Å². The lowest BCUT2D eigenvalue weighted by Crippen LogP contribution is -2.47. The predicted octanol–water partition coefficient (Wildman–Crippen LogP) is 4.04. The standard InChI is InChI=1S/C23H27ClN4O2.ClH/c1-2-30-23(29)17-28-16-18(20-5-3-4-6-21(20)28)9-10-26-11-13-27(14-12-26)22-8-7-19(24)15-25-22;/h3-8,15-16H,2,9-14,17H2,1H3;1H. The molecule has 0 N–H and O–H groups in total. The molecule has 6 nitrogen and oxygen atoms in total. The predicted molar refractivity (Wildman–Crippen MR) is 127 cm³/mol. The summed E-state index contributed by atoms with van der Waals surface area (Å²) in [6, 6.07) is 12.1. The highest BCUT2D eigenvalue weighted by molar-refractivity contribution is 6.30. The zero-order valence-electron chi connectivity index (χ0n) is 17.7. The van der Waals surface area contributed by atoms with Crippen molar-refractivity contribution in [3.63, 3.8) is 0 Å². The molecule has 1 aliphatic rings. The van der Waals surface area contributed by atoms with Crippen molar-refractivity contribution in [1.82, 2.24) is 14.5 Å². The van der Waals surface area contributed by atoms with Crippen LogP contribution < -0.4 is 4.90 Å². The number of carbonyl (C=O) groups excluding carboxylic acids is 1. The SMILES string of the molecule is CCOC(=O)Cn1cc(CCN2CCN(c3ccc(Cl)cn3)CC2)c2ccccc21.Cl. The van der Waals surface area contributed by atoms with Gasteiger partial charge in [-0.1, -0.05) is 29.8 Å². The molecule has 8 heteroatoms. The zero-order chi connectivity index (χ0) is 20.9. The lowest BCUT2D eigenvalue weighted by molar-refractivity contribution is -0.143. The van der Waals surface area contributed by atoms with Crippen LogP contribution in [0.2, 0.25) is 5.02 Å². The van der Waals surface area contributed by atoms with Gasteiger partial charge in [0.2, 0.25) is 0 Å². The maximum Gasteiger partial charge on any atom is 0.325 e. The highest BCUT2D eigenvalue weighted by Crippen LogP contribution is 2.23. The average molecular weight is 463 g/mol. The molecule has 0 bridgehead atoms. The van der Waals surface area contributed by atoms with Gasteiger partial charge in [0.05, 0.1) is 11.6 Å². The Bertz CT molecular complexity index is 998. The number of esters is 1. The molecule has 3 heterocycles. The number of carbonyl (C=O) groups is 1. The Balaban J connectivity index is 0.00000272. The molecule has 0 unspecified atom stereocenters. The van der Waals surface area contributed by atoms with E-state index in [0.29, 0.717) is 11.6 Å². The number of pyridine rings is 1. The number of anilines is 1. The maximum absolute atomic E-state index is 12.0. The molecular formula is C23H28Cl2N4O2. The van der Waals surface area contributed by atoms with E-state index in [2.05, 4.69) is 39.2 Å². The number of rotatable bonds is 7. The van der Waals surface area contributed by atoms with Gasteiger partial charge in [0.25, 0.3) is 0 Å². The number of halogens is 2. The van der Waals surface area contributed by atoms with E-state index >= 15 is 0 Å². The number of aromatic nitrogens is 2. The van der Waals surface area contributed by atoms with Gasteiger partial charge >= 0.3 is 5.97 Å². The van der Waals surface area contributed by atoms with E-state index in [1.807, 2.05) is 29.7 Å². The van der Waals surface area contributed by atoms with Gasteiger partial charge in [-0.05, 0) is 37.1 Å². The Morgan fingerprint density at radius 2 is 1.90 bits per heavy atom. The fourth-order valence-electron chi connectivity index (χ4n) is 4.03. The molecule has 0 aliphatic carbocycles. The van der Waals surface area contributed by atoms with Gasteiger partial charge < -0.3 is 14.2 Å². The van der Waals surface area contributed by atoms with Crippen LogP contribution in [0.25, 0.3) is 10.9 Å². The van der Waals surface area contributed by atoms with Crippen LogP contribution in [0.3, 0.4) is 0 Å². The van der Waals surface area contributed by atoms with Crippen LogP contribution in [0.1, 0.15) is 12.5 Å². The Morgan fingerprint density at radius 3 is 2.61 bits per heavy atom. The smallest absolute Gasteiger partial charge is 0.325 e. The molecule has 0 amide bonds. The van der Waals surface area contributed by atoms with Crippen LogP contribution in [0.5, 0.6) is 0 Å². The van der Waals surface area contributed by atoms with E-state index in [0.717, 1.165) is 50.5 Å². The van der Waals surface area contributed by atoms with E-state index in [1.165, 1.54) is 10.9 Å². The third-order valence-corrected chi connectivity index (χ3v) is 5.80. The molecule has 0 spiro atoms. The molecule has 4 rings (SSSR count). The summed E-state index contributed by atoms with van der Waals surface area (Å²) >= 11 is 5.94. The number of para-hydroxylation sites is 1. The van der Waals surface area contributed by atoms with Gasteiger partial charge in [0.15, 0.2) is 0 Å². The fraction of sp³-hybridized carbons (Fsp3) is 0.391. The van der Waals surface area contributed by atoms with E-state index in [1.54, 1.807) is 6.20 Å². The van der Waals surface area contributed by atoms with E-state index in [9.17, 15) is 4.79 Å². The summed E-state index contributed by atoms with van der Waals surface area (Å²) in [6.07, 6.45) is 4.76. The minimum atomic E-state index is -0.197. The van der Waals surface area contributed by atoms with E-state index in [4.69, 9.17) is 16.3 Å². The first kappa shape index (κ1) is 23.4. The Morgan fingerprint density at radius 1 is 1.13 bits per heavy atom. The highest BCUT2D eigenvalue weighted by Gasteiger charge is 2.19. The number of nitrogens with zero attached hydrogens (tertiary/aromatic N) is 4. The number of piperazine rings is 1. The second-order valence-corrected chi connectivity index (χ2v) is 7.95. The van der Waals surface area contributed by atoms with E-state index in [-0.39, 0.29) is 24.9 Å². The number of hydrogen-bond acceptors (Lipinski definition) is 5. The van der Waals surface area contributed by atoms with Crippen LogP contribution in [0.4, 0.5) is 5.82 Å². The molecule has 0 radical (unpaired) electrons. The molecule has 0 saturated carbocycles. The van der Waals surface area contributed by atoms with Crippen molar-refractivity contribution < 1.29 is 9.53 Å². The summed E-state index contributed by atoms with van der Waals surface area (Å²) in [5.41, 5.74) is 2.36. The quantitative estimate of drug-likeness (QED) is 0.495. The first-order valence-corrected chi connectivity index (χ1v) is 10.8. The summed E-state index contributed by atoms with van der Waals surface area (Å²) in [5, 5.41) is 1.88.